The summed E-state index contributed by atoms with van der Waals surface area (Å²) in [5.41, 5.74) is 0.467. The number of pyridine rings is 1. The minimum absolute atomic E-state index is 0.151. The van der Waals surface area contributed by atoms with Crippen LogP contribution in [0.1, 0.15) is 39.0 Å². The van der Waals surface area contributed by atoms with Gasteiger partial charge in [0.2, 0.25) is 0 Å². The maximum Gasteiger partial charge on any atom is 0.340 e. The standard InChI is InChI=1S/C26H39N3O7P2/c1-6-33-37(30,34-7-2)20-25(38(31,35-8-3)36-9-4)24-18-21-13-14-22(19-23(21)28-24)32-17-16-29(5)26-12-10-11-15-27-26/h10-15,18-19,25,28H,6-9,16-17,20H2,1-5H3. The van der Waals surface area contributed by atoms with Crippen molar-refractivity contribution in [3.63, 3.8) is 0 Å². The molecular formula is C26H39N3O7P2. The van der Waals surface area contributed by atoms with Crippen LogP contribution in [0.3, 0.4) is 0 Å². The Kier molecular flexibility index (Phi) is 11.4. The highest BCUT2D eigenvalue weighted by molar-refractivity contribution is 7.58. The molecule has 210 valence electrons. The Labute approximate surface area is 225 Å². The number of benzene rings is 1. The second-order valence-corrected chi connectivity index (χ2v) is 12.8. The molecule has 12 heteroatoms. The fraction of sp³-hybridized carbons (Fsp3) is 0.500. The van der Waals surface area contributed by atoms with Gasteiger partial charge in [-0.3, -0.25) is 9.13 Å². The Morgan fingerprint density at radius 2 is 1.61 bits per heavy atom. The molecule has 3 aromatic rings. The van der Waals surface area contributed by atoms with Crippen molar-refractivity contribution in [2.24, 2.45) is 0 Å². The molecule has 1 atom stereocenters. The van der Waals surface area contributed by atoms with Gasteiger partial charge in [-0.2, -0.15) is 0 Å². The minimum Gasteiger partial charge on any atom is -0.492 e. The number of fused-ring (bicyclic) bond motifs is 1. The lowest BCUT2D eigenvalue weighted by molar-refractivity contribution is 0.203. The van der Waals surface area contributed by atoms with Crippen molar-refractivity contribution in [1.82, 2.24) is 9.97 Å². The van der Waals surface area contributed by atoms with Gasteiger partial charge in [-0.25, -0.2) is 4.98 Å². The highest BCUT2D eigenvalue weighted by Crippen LogP contribution is 2.66. The van der Waals surface area contributed by atoms with Crippen LogP contribution in [0.5, 0.6) is 5.75 Å². The molecule has 0 amide bonds. The Bertz CT molecular complexity index is 1220. The number of aromatic nitrogens is 2. The van der Waals surface area contributed by atoms with E-state index in [0.29, 0.717) is 24.6 Å². The Morgan fingerprint density at radius 1 is 0.921 bits per heavy atom. The molecule has 0 saturated heterocycles. The first kappa shape index (κ1) is 30.4. The first-order chi connectivity index (χ1) is 18.3. The quantitative estimate of drug-likeness (QED) is 0.179. The van der Waals surface area contributed by atoms with Crippen molar-refractivity contribution >= 4 is 31.9 Å². The lowest BCUT2D eigenvalue weighted by Gasteiger charge is -2.28. The summed E-state index contributed by atoms with van der Waals surface area (Å²) >= 11 is 0. The summed E-state index contributed by atoms with van der Waals surface area (Å²) in [6.45, 7) is 8.82. The molecule has 2 aromatic heterocycles. The molecule has 1 aromatic carbocycles. The third-order valence-electron chi connectivity index (χ3n) is 5.76. The second-order valence-electron chi connectivity index (χ2n) is 8.45. The van der Waals surface area contributed by atoms with E-state index in [1.165, 1.54) is 0 Å². The summed E-state index contributed by atoms with van der Waals surface area (Å²) in [6, 6.07) is 13.3. The number of nitrogens with zero attached hydrogens (tertiary/aromatic N) is 2. The fourth-order valence-corrected chi connectivity index (χ4v) is 8.81. The SMILES string of the molecule is CCOP(=O)(CC(c1cc2ccc(OCCN(C)c3ccccn3)cc2[nH]1)P(=O)(OCC)OCC)OCC. The molecule has 1 unspecified atom stereocenters. The van der Waals surface area contributed by atoms with Crippen LogP contribution in [0.2, 0.25) is 0 Å². The van der Waals surface area contributed by atoms with Crippen LogP contribution >= 0.6 is 15.2 Å². The Balaban J connectivity index is 1.85. The summed E-state index contributed by atoms with van der Waals surface area (Å²) in [4.78, 5) is 9.69. The number of hydrogen-bond acceptors (Lipinski definition) is 9. The molecule has 38 heavy (non-hydrogen) atoms. The highest BCUT2D eigenvalue weighted by Gasteiger charge is 2.44. The lowest BCUT2D eigenvalue weighted by atomic mass is 10.2. The zero-order valence-electron chi connectivity index (χ0n) is 22.8. The van der Waals surface area contributed by atoms with Crippen molar-refractivity contribution in [1.29, 1.82) is 0 Å². The van der Waals surface area contributed by atoms with Gasteiger partial charge in [-0.15, -0.1) is 0 Å². The van der Waals surface area contributed by atoms with Crippen molar-refractivity contribution in [3.8, 4) is 5.75 Å². The van der Waals surface area contributed by atoms with E-state index in [1.807, 2.05) is 54.4 Å². The van der Waals surface area contributed by atoms with Gasteiger partial charge in [0.1, 0.15) is 23.8 Å². The van der Waals surface area contributed by atoms with E-state index >= 15 is 0 Å². The zero-order valence-corrected chi connectivity index (χ0v) is 24.6. The van der Waals surface area contributed by atoms with Crippen LogP contribution in [0.4, 0.5) is 5.82 Å². The van der Waals surface area contributed by atoms with E-state index < -0.39 is 20.9 Å². The average molecular weight is 568 g/mol. The van der Waals surface area contributed by atoms with Crippen LogP contribution in [0.25, 0.3) is 10.9 Å². The second kappa shape index (κ2) is 14.3. The van der Waals surface area contributed by atoms with Gasteiger partial charge >= 0.3 is 15.2 Å². The third kappa shape index (κ3) is 7.92. The molecule has 0 fully saturated rings. The molecule has 0 saturated carbocycles. The minimum atomic E-state index is -3.73. The first-order valence-corrected chi connectivity index (χ1v) is 16.3. The largest absolute Gasteiger partial charge is 0.492 e. The van der Waals surface area contributed by atoms with Gasteiger partial charge in [-0.05, 0) is 63.4 Å². The number of ether oxygens (including phenoxy) is 1. The zero-order chi connectivity index (χ0) is 27.6. The number of hydrogen-bond donors (Lipinski definition) is 1. The van der Waals surface area contributed by atoms with Gasteiger partial charge < -0.3 is 32.7 Å². The predicted molar refractivity (Wildman–Crippen MR) is 151 cm³/mol. The van der Waals surface area contributed by atoms with Crippen LogP contribution in [0.15, 0.2) is 48.7 Å². The third-order valence-corrected chi connectivity index (χ3v) is 10.6. The van der Waals surface area contributed by atoms with Gasteiger partial charge in [0, 0.05) is 30.5 Å². The number of anilines is 1. The van der Waals surface area contributed by atoms with Crippen molar-refractivity contribution in [2.45, 2.75) is 33.4 Å². The van der Waals surface area contributed by atoms with Crippen LogP contribution < -0.4 is 9.64 Å². The van der Waals surface area contributed by atoms with E-state index in [-0.39, 0.29) is 32.6 Å². The summed E-state index contributed by atoms with van der Waals surface area (Å²) in [6.07, 6.45) is 1.61. The fourth-order valence-electron chi connectivity index (χ4n) is 4.09. The molecule has 0 bridgehead atoms. The number of nitrogens with one attached hydrogen (secondary N) is 1. The molecule has 2 heterocycles. The molecule has 0 aliphatic heterocycles. The molecular weight excluding hydrogens is 528 g/mol. The smallest absolute Gasteiger partial charge is 0.340 e. The van der Waals surface area contributed by atoms with Gasteiger partial charge in [0.25, 0.3) is 0 Å². The lowest BCUT2D eigenvalue weighted by Crippen LogP contribution is -2.24. The van der Waals surface area contributed by atoms with Crippen molar-refractivity contribution in [3.05, 3.63) is 54.4 Å². The maximum atomic E-state index is 13.9. The van der Waals surface area contributed by atoms with Gasteiger partial charge in [-0.1, -0.05) is 6.07 Å². The maximum absolute atomic E-state index is 13.9. The summed E-state index contributed by atoms with van der Waals surface area (Å²) in [5, 5.41) is 0.880. The average Bonchev–Trinajstić information content (AvgIpc) is 3.31. The highest BCUT2D eigenvalue weighted by atomic mass is 31.2. The molecule has 0 spiro atoms. The van der Waals surface area contributed by atoms with E-state index in [9.17, 15) is 9.13 Å². The van der Waals surface area contributed by atoms with Gasteiger partial charge in [0.15, 0.2) is 0 Å². The number of likely N-dealkylation sites (N-methyl/N-ethyl adjacent to an activating group) is 1. The van der Waals surface area contributed by atoms with Crippen molar-refractivity contribution < 1.29 is 32.0 Å². The van der Waals surface area contributed by atoms with Crippen LogP contribution in [-0.2, 0) is 27.2 Å². The normalized spacial score (nSPS) is 13.1. The van der Waals surface area contributed by atoms with Gasteiger partial charge in [0.05, 0.1) is 39.1 Å². The van der Waals surface area contributed by atoms with Crippen molar-refractivity contribution in [2.75, 3.05) is 57.7 Å². The topological polar surface area (TPSA) is 112 Å². The predicted octanol–water partition coefficient (Wildman–Crippen LogP) is 6.65. The number of H-pyrrole nitrogens is 1. The van der Waals surface area contributed by atoms with E-state index in [1.54, 1.807) is 33.9 Å². The number of aromatic amines is 1. The summed E-state index contributed by atoms with van der Waals surface area (Å²) in [7, 11) is -5.34. The monoisotopic (exact) mass is 567 g/mol. The Morgan fingerprint density at radius 3 is 2.21 bits per heavy atom. The van der Waals surface area contributed by atoms with E-state index in [0.717, 1.165) is 16.7 Å². The first-order valence-electron chi connectivity index (χ1n) is 12.9. The molecule has 0 aliphatic rings. The molecule has 3 rings (SSSR count). The molecule has 0 radical (unpaired) electrons. The molecule has 10 nitrogen and oxygen atoms in total. The molecule has 1 N–H and O–H groups in total. The summed E-state index contributed by atoms with van der Waals surface area (Å²) < 4.78 is 55.8. The van der Waals surface area contributed by atoms with E-state index in [2.05, 4.69) is 9.97 Å². The summed E-state index contributed by atoms with van der Waals surface area (Å²) in [5.74, 6) is 1.56. The van der Waals surface area contributed by atoms with Crippen LogP contribution in [-0.4, -0.2) is 62.8 Å². The Hall–Kier alpha value is -2.19. The number of rotatable bonds is 17. The van der Waals surface area contributed by atoms with Crippen LogP contribution in [0, 0.1) is 0 Å². The van der Waals surface area contributed by atoms with E-state index in [4.69, 9.17) is 22.8 Å². The molecule has 0 aliphatic carbocycles.